The van der Waals surface area contributed by atoms with Crippen molar-refractivity contribution in [2.24, 2.45) is 0 Å². The average Bonchev–Trinajstić information content (AvgIpc) is 3.22. The number of ether oxygens (including phenoxy) is 1. The molecule has 0 aliphatic heterocycles. The maximum absolute atomic E-state index is 12.2. The van der Waals surface area contributed by atoms with Crippen molar-refractivity contribution in [2.75, 3.05) is 28.7 Å². The number of thioether (sulfide) groups is 1. The van der Waals surface area contributed by atoms with Crippen molar-refractivity contribution in [2.45, 2.75) is 13.5 Å². The molecule has 2 amide bonds. The average molecular weight is 425 g/mol. The number of benzene rings is 2. The summed E-state index contributed by atoms with van der Waals surface area (Å²) in [6, 6.07) is 16.7. The van der Waals surface area contributed by atoms with Crippen molar-refractivity contribution in [3.8, 4) is 5.75 Å². The van der Waals surface area contributed by atoms with E-state index in [9.17, 15) is 9.59 Å². The Morgan fingerprint density at radius 1 is 1.00 bits per heavy atom. The van der Waals surface area contributed by atoms with Crippen molar-refractivity contribution in [1.82, 2.24) is 9.78 Å². The molecule has 1 heterocycles. The lowest BCUT2D eigenvalue weighted by Crippen LogP contribution is -2.18. The van der Waals surface area contributed by atoms with Crippen LogP contribution in [-0.4, -0.2) is 39.7 Å². The van der Waals surface area contributed by atoms with Crippen LogP contribution in [0.2, 0.25) is 0 Å². The predicted molar refractivity (Wildman–Crippen MR) is 120 cm³/mol. The third-order valence-corrected chi connectivity index (χ3v) is 4.97. The van der Waals surface area contributed by atoms with Gasteiger partial charge < -0.3 is 15.4 Å². The number of hydrogen-bond acceptors (Lipinski definition) is 5. The van der Waals surface area contributed by atoms with Crippen molar-refractivity contribution < 1.29 is 14.3 Å². The highest BCUT2D eigenvalue weighted by Gasteiger charge is 2.07. The smallest absolute Gasteiger partial charge is 0.234 e. The predicted octanol–water partition coefficient (Wildman–Crippen LogP) is 3.58. The first-order valence-electron chi connectivity index (χ1n) is 9.53. The maximum atomic E-state index is 12.2. The van der Waals surface area contributed by atoms with Crippen LogP contribution >= 0.6 is 11.8 Å². The van der Waals surface area contributed by atoms with Crippen LogP contribution < -0.4 is 15.4 Å². The number of nitrogens with zero attached hydrogens (tertiary/aromatic N) is 2. The number of anilines is 2. The molecule has 156 valence electrons. The van der Waals surface area contributed by atoms with Gasteiger partial charge in [0.25, 0.3) is 0 Å². The van der Waals surface area contributed by atoms with Gasteiger partial charge in [0.15, 0.2) is 0 Å². The van der Waals surface area contributed by atoms with Crippen molar-refractivity contribution in [3.63, 3.8) is 0 Å². The molecule has 0 bridgehead atoms. The Hall–Kier alpha value is -3.26. The number of carbonyl (C=O) groups excluding carboxylic acids is 2. The molecular weight excluding hydrogens is 400 g/mol. The number of aromatic nitrogens is 2. The lowest BCUT2D eigenvalue weighted by molar-refractivity contribution is -0.114. The Bertz CT molecular complexity index is 976. The number of hydrogen-bond donors (Lipinski definition) is 2. The lowest BCUT2D eigenvalue weighted by atomic mass is 10.2. The minimum Gasteiger partial charge on any atom is -0.492 e. The second-order valence-corrected chi connectivity index (χ2v) is 7.59. The molecule has 0 saturated heterocycles. The summed E-state index contributed by atoms with van der Waals surface area (Å²) in [4.78, 5) is 24.2. The van der Waals surface area contributed by atoms with Crippen molar-refractivity contribution >= 4 is 35.0 Å². The van der Waals surface area contributed by atoms with E-state index in [4.69, 9.17) is 4.74 Å². The molecule has 0 radical (unpaired) electrons. The van der Waals surface area contributed by atoms with E-state index in [1.165, 1.54) is 11.8 Å². The Balaban J connectivity index is 1.37. The van der Waals surface area contributed by atoms with Gasteiger partial charge in [0, 0.05) is 29.8 Å². The summed E-state index contributed by atoms with van der Waals surface area (Å²) in [6.07, 6.45) is 3.60. The molecular formula is C22H24N4O3S. The zero-order valence-corrected chi connectivity index (χ0v) is 17.5. The molecule has 0 spiro atoms. The first-order valence-corrected chi connectivity index (χ1v) is 10.7. The van der Waals surface area contributed by atoms with Gasteiger partial charge in [-0.1, -0.05) is 18.2 Å². The molecule has 0 saturated carbocycles. The van der Waals surface area contributed by atoms with Gasteiger partial charge in [-0.05, 0) is 42.8 Å². The topological polar surface area (TPSA) is 85.3 Å². The summed E-state index contributed by atoms with van der Waals surface area (Å²) >= 11 is 1.26. The normalized spacial score (nSPS) is 10.4. The Morgan fingerprint density at radius 3 is 2.37 bits per heavy atom. The standard InChI is InChI=1S/C22H24N4O3S/c1-17-5-2-6-18(13-17)24-21(27)15-30-16-22(28)25-19-7-3-8-20(14-19)29-12-11-26-10-4-9-23-26/h2-10,13-14H,11-12,15-16H2,1H3,(H,24,27)(H,25,28). The fourth-order valence-corrected chi connectivity index (χ4v) is 3.32. The summed E-state index contributed by atoms with van der Waals surface area (Å²) in [5.41, 5.74) is 2.49. The quantitative estimate of drug-likeness (QED) is 0.520. The second-order valence-electron chi connectivity index (χ2n) is 6.60. The lowest BCUT2D eigenvalue weighted by Gasteiger charge is -2.09. The summed E-state index contributed by atoms with van der Waals surface area (Å²) in [5.74, 6) is 0.761. The zero-order valence-electron chi connectivity index (χ0n) is 16.7. The number of nitrogens with one attached hydrogen (secondary N) is 2. The molecule has 7 nitrogen and oxygen atoms in total. The summed E-state index contributed by atoms with van der Waals surface area (Å²) in [7, 11) is 0. The van der Waals surface area contributed by atoms with E-state index in [0.29, 0.717) is 24.6 Å². The number of amides is 2. The van der Waals surface area contributed by atoms with Gasteiger partial charge in [-0.25, -0.2) is 0 Å². The number of carbonyl (C=O) groups is 2. The van der Waals surface area contributed by atoms with Gasteiger partial charge in [-0.3, -0.25) is 14.3 Å². The van der Waals surface area contributed by atoms with Gasteiger partial charge in [-0.15, -0.1) is 11.8 Å². The molecule has 0 aliphatic rings. The zero-order chi connectivity index (χ0) is 21.2. The van der Waals surface area contributed by atoms with Crippen LogP contribution in [0, 0.1) is 6.92 Å². The highest BCUT2D eigenvalue weighted by molar-refractivity contribution is 8.00. The van der Waals surface area contributed by atoms with Crippen molar-refractivity contribution in [3.05, 3.63) is 72.6 Å². The highest BCUT2D eigenvalue weighted by atomic mass is 32.2. The van der Waals surface area contributed by atoms with Gasteiger partial charge in [-0.2, -0.15) is 5.10 Å². The maximum Gasteiger partial charge on any atom is 0.234 e. The van der Waals surface area contributed by atoms with Crippen LogP contribution in [0.3, 0.4) is 0 Å². The summed E-state index contributed by atoms with van der Waals surface area (Å²) < 4.78 is 7.50. The summed E-state index contributed by atoms with van der Waals surface area (Å²) in [5, 5.41) is 9.78. The van der Waals surface area contributed by atoms with Crippen LogP contribution in [-0.2, 0) is 16.1 Å². The third-order valence-electron chi connectivity index (χ3n) is 4.03. The van der Waals surface area contributed by atoms with E-state index >= 15 is 0 Å². The van der Waals surface area contributed by atoms with E-state index in [0.717, 1.165) is 11.3 Å². The van der Waals surface area contributed by atoms with Crippen LogP contribution in [0.4, 0.5) is 11.4 Å². The van der Waals surface area contributed by atoms with Crippen LogP contribution in [0.5, 0.6) is 5.75 Å². The SMILES string of the molecule is Cc1cccc(NC(=O)CSCC(=O)Nc2cccc(OCCn3cccn3)c2)c1. The Kier molecular flexibility index (Phi) is 7.91. The Morgan fingerprint density at radius 2 is 1.70 bits per heavy atom. The van der Waals surface area contributed by atoms with Gasteiger partial charge in [0.05, 0.1) is 18.1 Å². The van der Waals surface area contributed by atoms with Crippen LogP contribution in [0.1, 0.15) is 5.56 Å². The molecule has 2 N–H and O–H groups in total. The molecule has 0 aliphatic carbocycles. The van der Waals surface area contributed by atoms with Gasteiger partial charge in [0.2, 0.25) is 11.8 Å². The number of aryl methyl sites for hydroxylation is 1. The van der Waals surface area contributed by atoms with E-state index < -0.39 is 0 Å². The van der Waals surface area contributed by atoms with E-state index in [-0.39, 0.29) is 23.3 Å². The molecule has 0 fully saturated rings. The fraction of sp³-hybridized carbons (Fsp3) is 0.227. The summed E-state index contributed by atoms with van der Waals surface area (Å²) in [6.45, 7) is 3.09. The third kappa shape index (κ3) is 7.29. The molecule has 1 aromatic heterocycles. The molecule has 2 aromatic carbocycles. The number of rotatable bonds is 10. The van der Waals surface area contributed by atoms with Gasteiger partial charge >= 0.3 is 0 Å². The molecule has 8 heteroatoms. The molecule has 0 atom stereocenters. The van der Waals surface area contributed by atoms with E-state index in [1.807, 2.05) is 55.6 Å². The first kappa shape index (κ1) is 21.4. The fourth-order valence-electron chi connectivity index (χ4n) is 2.71. The van der Waals surface area contributed by atoms with Crippen LogP contribution in [0.25, 0.3) is 0 Å². The molecule has 30 heavy (non-hydrogen) atoms. The minimum atomic E-state index is -0.169. The molecule has 3 aromatic rings. The minimum absolute atomic E-state index is 0.133. The van der Waals surface area contributed by atoms with Crippen molar-refractivity contribution in [1.29, 1.82) is 0 Å². The van der Waals surface area contributed by atoms with E-state index in [1.54, 1.807) is 23.0 Å². The molecule has 0 unspecified atom stereocenters. The second kappa shape index (κ2) is 11.1. The monoisotopic (exact) mass is 424 g/mol. The Labute approximate surface area is 179 Å². The van der Waals surface area contributed by atoms with Gasteiger partial charge in [0.1, 0.15) is 12.4 Å². The highest BCUT2D eigenvalue weighted by Crippen LogP contribution is 2.18. The van der Waals surface area contributed by atoms with E-state index in [2.05, 4.69) is 15.7 Å². The molecule has 3 rings (SSSR count). The largest absolute Gasteiger partial charge is 0.492 e. The first-order chi connectivity index (χ1) is 14.6. The van der Waals surface area contributed by atoms with Crippen LogP contribution in [0.15, 0.2) is 67.0 Å².